The number of amides is 1. The number of aromatic nitrogens is 1. The van der Waals surface area contributed by atoms with E-state index in [0.29, 0.717) is 26.6 Å². The quantitative estimate of drug-likeness (QED) is 0.218. The van der Waals surface area contributed by atoms with Crippen molar-refractivity contribution in [1.29, 1.82) is 0 Å². The van der Waals surface area contributed by atoms with Crippen LogP contribution in [0.25, 0.3) is 10.2 Å². The van der Waals surface area contributed by atoms with Gasteiger partial charge in [0.1, 0.15) is 5.76 Å². The first-order chi connectivity index (χ1) is 16.2. The van der Waals surface area contributed by atoms with Crippen molar-refractivity contribution in [3.05, 3.63) is 98.2 Å². The highest BCUT2D eigenvalue weighted by Gasteiger charge is 2.46. The normalized spacial score (nSPS) is 16.0. The van der Waals surface area contributed by atoms with Gasteiger partial charge in [0, 0.05) is 17.2 Å². The molecule has 0 saturated carbocycles. The van der Waals surface area contributed by atoms with Crippen molar-refractivity contribution in [1.82, 2.24) is 4.98 Å². The second-order valence-electron chi connectivity index (χ2n) is 7.54. The average molecular weight is 496 g/mol. The second kappa shape index (κ2) is 8.08. The molecule has 1 amide bonds. The van der Waals surface area contributed by atoms with Crippen LogP contribution in [0.5, 0.6) is 0 Å². The number of non-ortho nitro benzene ring substituents is 1. The predicted octanol–water partition coefficient (Wildman–Crippen LogP) is 5.54. The molecule has 3 heterocycles. The molecule has 1 unspecified atom stereocenters. The van der Waals surface area contributed by atoms with Gasteiger partial charge in [-0.25, -0.2) is 4.98 Å². The van der Waals surface area contributed by atoms with Gasteiger partial charge in [-0.3, -0.25) is 24.6 Å². The third-order valence-electron chi connectivity index (χ3n) is 5.36. The Balaban J connectivity index is 1.67. The molecule has 0 fully saturated rings. The summed E-state index contributed by atoms with van der Waals surface area (Å²) in [5, 5.41) is 22.5. The maximum atomic E-state index is 13.3. The van der Waals surface area contributed by atoms with Gasteiger partial charge in [0.2, 0.25) is 5.78 Å². The van der Waals surface area contributed by atoms with Crippen LogP contribution in [0, 0.1) is 17.0 Å². The minimum absolute atomic E-state index is 0.0272. The number of Topliss-reactive ketones (excluding diaryl/α,β-unsaturated/α-hetero) is 1. The SMILES string of the molecule is Cc1ccc(C(=O)C2=C(O)C(=O)N(c3nc4ccc([N+](=O)[O-])cc4s3)C2c2cccc(Cl)c2)o1. The molecule has 9 nitrogen and oxygen atoms in total. The van der Waals surface area contributed by atoms with E-state index in [-0.39, 0.29) is 22.2 Å². The Bertz CT molecular complexity index is 1540. The van der Waals surface area contributed by atoms with Crippen LogP contribution >= 0.6 is 22.9 Å². The van der Waals surface area contributed by atoms with Gasteiger partial charge in [0.25, 0.3) is 11.6 Å². The number of anilines is 1. The molecular formula is C23H14ClN3O6S. The van der Waals surface area contributed by atoms with Crippen molar-refractivity contribution in [2.75, 3.05) is 4.90 Å². The van der Waals surface area contributed by atoms with Crippen molar-refractivity contribution in [3.63, 3.8) is 0 Å². The van der Waals surface area contributed by atoms with Gasteiger partial charge < -0.3 is 9.52 Å². The molecule has 1 atom stereocenters. The molecule has 5 rings (SSSR count). The first-order valence-electron chi connectivity index (χ1n) is 9.93. The van der Waals surface area contributed by atoms with Gasteiger partial charge in [-0.2, -0.15) is 0 Å². The molecule has 170 valence electrons. The van der Waals surface area contributed by atoms with E-state index in [2.05, 4.69) is 4.98 Å². The lowest BCUT2D eigenvalue weighted by molar-refractivity contribution is -0.384. The summed E-state index contributed by atoms with van der Waals surface area (Å²) in [6.07, 6.45) is 0. The van der Waals surface area contributed by atoms with Crippen LogP contribution in [0.4, 0.5) is 10.8 Å². The van der Waals surface area contributed by atoms with Crippen LogP contribution < -0.4 is 4.90 Å². The minimum atomic E-state index is -1.04. The summed E-state index contributed by atoms with van der Waals surface area (Å²) >= 11 is 7.22. The molecular weight excluding hydrogens is 482 g/mol. The second-order valence-corrected chi connectivity index (χ2v) is 8.99. The number of hydrogen-bond acceptors (Lipinski definition) is 8. The third-order valence-corrected chi connectivity index (χ3v) is 6.61. The van der Waals surface area contributed by atoms with E-state index in [1.807, 2.05) is 0 Å². The molecule has 0 aliphatic carbocycles. The third kappa shape index (κ3) is 3.53. The van der Waals surface area contributed by atoms with Crippen LogP contribution in [0.2, 0.25) is 5.02 Å². The van der Waals surface area contributed by atoms with Crippen molar-refractivity contribution in [2.45, 2.75) is 13.0 Å². The highest BCUT2D eigenvalue weighted by Crippen LogP contribution is 2.45. The highest BCUT2D eigenvalue weighted by molar-refractivity contribution is 7.22. The molecule has 0 spiro atoms. The number of aryl methyl sites for hydroxylation is 1. The number of halogens is 1. The maximum Gasteiger partial charge on any atom is 0.296 e. The summed E-state index contributed by atoms with van der Waals surface area (Å²) < 4.78 is 5.92. The number of hydrogen-bond donors (Lipinski definition) is 1. The van der Waals surface area contributed by atoms with E-state index in [9.17, 15) is 24.8 Å². The van der Waals surface area contributed by atoms with Crippen molar-refractivity contribution < 1.29 is 24.0 Å². The van der Waals surface area contributed by atoms with Gasteiger partial charge >= 0.3 is 0 Å². The lowest BCUT2D eigenvalue weighted by Gasteiger charge is -2.24. The lowest BCUT2D eigenvalue weighted by Crippen LogP contribution is -2.30. The molecule has 34 heavy (non-hydrogen) atoms. The van der Waals surface area contributed by atoms with Crippen LogP contribution in [-0.4, -0.2) is 26.7 Å². The number of nitrogens with zero attached hydrogens (tertiary/aromatic N) is 3. The molecule has 1 N–H and O–H groups in total. The Morgan fingerprint density at radius 1 is 1.24 bits per heavy atom. The first kappa shape index (κ1) is 21.8. The monoisotopic (exact) mass is 495 g/mol. The summed E-state index contributed by atoms with van der Waals surface area (Å²) in [4.78, 5) is 42.8. The average Bonchev–Trinajstić information content (AvgIpc) is 3.49. The number of nitro groups is 1. The van der Waals surface area contributed by atoms with Crippen LogP contribution in [-0.2, 0) is 4.79 Å². The number of rotatable bonds is 5. The van der Waals surface area contributed by atoms with E-state index >= 15 is 0 Å². The molecule has 4 aromatic rings. The molecule has 0 saturated heterocycles. The fraction of sp³-hybridized carbons (Fsp3) is 0.0870. The molecule has 11 heteroatoms. The van der Waals surface area contributed by atoms with Crippen LogP contribution in [0.1, 0.15) is 27.9 Å². The fourth-order valence-corrected chi connectivity index (χ4v) is 5.06. The van der Waals surface area contributed by atoms with E-state index < -0.39 is 28.4 Å². The summed E-state index contributed by atoms with van der Waals surface area (Å²) in [6.45, 7) is 1.67. The summed E-state index contributed by atoms with van der Waals surface area (Å²) in [5.74, 6) is -1.74. The predicted molar refractivity (Wildman–Crippen MR) is 125 cm³/mol. The zero-order valence-electron chi connectivity index (χ0n) is 17.4. The largest absolute Gasteiger partial charge is 0.503 e. The Kier molecular flexibility index (Phi) is 5.18. The first-order valence-corrected chi connectivity index (χ1v) is 11.1. The van der Waals surface area contributed by atoms with E-state index in [0.717, 1.165) is 11.3 Å². The number of carbonyl (C=O) groups is 2. The minimum Gasteiger partial charge on any atom is -0.503 e. The number of furan rings is 1. The van der Waals surface area contributed by atoms with Gasteiger partial charge in [0.05, 0.1) is 26.8 Å². The van der Waals surface area contributed by atoms with E-state index in [4.69, 9.17) is 16.0 Å². The zero-order valence-corrected chi connectivity index (χ0v) is 19.0. The molecule has 2 aromatic heterocycles. The number of aliphatic hydroxyl groups excluding tert-OH is 1. The molecule has 1 aliphatic rings. The van der Waals surface area contributed by atoms with E-state index in [1.165, 1.54) is 29.2 Å². The summed E-state index contributed by atoms with van der Waals surface area (Å²) in [7, 11) is 0. The number of nitro benzene ring substituents is 1. The van der Waals surface area contributed by atoms with Crippen molar-refractivity contribution in [3.8, 4) is 0 Å². The zero-order chi connectivity index (χ0) is 24.1. The highest BCUT2D eigenvalue weighted by atomic mass is 35.5. The maximum absolute atomic E-state index is 13.3. The Morgan fingerprint density at radius 2 is 2.03 bits per heavy atom. The van der Waals surface area contributed by atoms with Gasteiger partial charge in [-0.15, -0.1) is 0 Å². The Hall–Kier alpha value is -4.02. The Labute approximate surface area is 200 Å². The standard InChI is InChI=1S/C23H14ClN3O6S/c1-11-5-8-16(33-11)20(28)18-19(12-3-2-4-13(24)9-12)26(22(30)21(18)29)23-25-15-7-6-14(27(31)32)10-17(15)34-23/h2-10,19,29H,1H3. The van der Waals surface area contributed by atoms with Gasteiger partial charge in [0.15, 0.2) is 16.7 Å². The van der Waals surface area contributed by atoms with Gasteiger partial charge in [-0.05, 0) is 42.8 Å². The number of fused-ring (bicyclic) bond motifs is 1. The number of ketones is 1. The van der Waals surface area contributed by atoms with Crippen LogP contribution in [0.15, 0.2) is 70.3 Å². The number of benzene rings is 2. The number of carbonyl (C=O) groups excluding carboxylic acids is 2. The fourth-order valence-electron chi connectivity index (χ4n) is 3.83. The summed E-state index contributed by atoms with van der Waals surface area (Å²) in [6, 6.07) is 12.8. The number of aliphatic hydroxyl groups is 1. The Morgan fingerprint density at radius 3 is 2.71 bits per heavy atom. The summed E-state index contributed by atoms with van der Waals surface area (Å²) in [5.41, 5.74) is 0.615. The van der Waals surface area contributed by atoms with E-state index in [1.54, 1.807) is 37.3 Å². The topological polar surface area (TPSA) is 127 Å². The molecule has 2 aromatic carbocycles. The molecule has 0 bridgehead atoms. The van der Waals surface area contributed by atoms with Crippen molar-refractivity contribution in [2.24, 2.45) is 0 Å². The molecule has 1 aliphatic heterocycles. The van der Waals surface area contributed by atoms with Crippen molar-refractivity contribution >= 4 is 55.7 Å². The van der Waals surface area contributed by atoms with Crippen LogP contribution in [0.3, 0.4) is 0 Å². The molecule has 0 radical (unpaired) electrons. The number of thiazole rings is 1. The van der Waals surface area contributed by atoms with Gasteiger partial charge in [-0.1, -0.05) is 35.1 Å². The smallest absolute Gasteiger partial charge is 0.296 e. The lowest BCUT2D eigenvalue weighted by atomic mass is 9.95.